The van der Waals surface area contributed by atoms with Gasteiger partial charge < -0.3 is 28.6 Å². The van der Waals surface area contributed by atoms with E-state index >= 15 is 0 Å². The quantitative estimate of drug-likeness (QED) is 0.495. The van der Waals surface area contributed by atoms with E-state index in [9.17, 15) is 0 Å². The van der Waals surface area contributed by atoms with E-state index < -0.39 is 5.60 Å². The highest BCUT2D eigenvalue weighted by molar-refractivity contribution is 5.98. The van der Waals surface area contributed by atoms with Crippen LogP contribution in [0.5, 0.6) is 23.0 Å². The van der Waals surface area contributed by atoms with Crippen LogP contribution in [0.3, 0.4) is 0 Å². The number of hydrogen-bond acceptors (Lipinski definition) is 6. The van der Waals surface area contributed by atoms with Gasteiger partial charge in [-0.05, 0) is 44.1 Å². The molecule has 37 heavy (non-hydrogen) atoms. The van der Waals surface area contributed by atoms with E-state index in [1.807, 2.05) is 0 Å². The van der Waals surface area contributed by atoms with Gasteiger partial charge in [-0.1, -0.05) is 36.4 Å². The van der Waals surface area contributed by atoms with Gasteiger partial charge >= 0.3 is 0 Å². The summed E-state index contributed by atoms with van der Waals surface area (Å²) in [6.07, 6.45) is 6.30. The van der Waals surface area contributed by atoms with Crippen LogP contribution < -0.4 is 18.9 Å². The predicted molar refractivity (Wildman–Crippen MR) is 140 cm³/mol. The van der Waals surface area contributed by atoms with Crippen LogP contribution in [-0.2, 0) is 27.6 Å². The summed E-state index contributed by atoms with van der Waals surface area (Å²) >= 11 is 0. The molecule has 1 saturated heterocycles. The number of likely N-dealkylation sites (tertiary alicyclic amines) is 1. The van der Waals surface area contributed by atoms with Gasteiger partial charge in [0.2, 0.25) is 0 Å². The number of hydrogen-bond donors (Lipinski definition) is 0. The maximum Gasteiger partial charge on any atom is 0.166 e. The van der Waals surface area contributed by atoms with E-state index in [0.717, 1.165) is 58.7 Å². The summed E-state index contributed by atoms with van der Waals surface area (Å²) in [7, 11) is 9.34. The Hall–Kier alpha value is -3.22. The Kier molecular flexibility index (Phi) is 4.01. The largest absolute Gasteiger partial charge is 0.496 e. The Labute approximate surface area is 216 Å². The second-order valence-corrected chi connectivity index (χ2v) is 11.1. The van der Waals surface area contributed by atoms with E-state index in [2.05, 4.69) is 60.5 Å². The molecule has 1 fully saturated rings. The minimum Gasteiger partial charge on any atom is -0.496 e. The van der Waals surface area contributed by atoms with Crippen LogP contribution in [-0.4, -0.2) is 59.1 Å². The lowest BCUT2D eigenvalue weighted by molar-refractivity contribution is -0.145. The van der Waals surface area contributed by atoms with Crippen molar-refractivity contribution in [2.75, 3.05) is 42.0 Å². The van der Waals surface area contributed by atoms with Crippen LogP contribution >= 0.6 is 0 Å². The van der Waals surface area contributed by atoms with Gasteiger partial charge in [-0.3, -0.25) is 0 Å². The zero-order chi connectivity index (χ0) is 25.3. The minimum absolute atomic E-state index is 0.226. The fraction of sp³-hybridized carbons (Fsp3) is 0.419. The van der Waals surface area contributed by atoms with Crippen molar-refractivity contribution in [3.05, 3.63) is 70.8 Å². The third-order valence-electron chi connectivity index (χ3n) is 10.3. The lowest BCUT2D eigenvalue weighted by Crippen LogP contribution is -2.78. The molecule has 0 saturated carbocycles. The molecule has 0 radical (unpaired) electrons. The Morgan fingerprint density at radius 2 is 1.59 bits per heavy atom. The average molecular weight is 498 g/mol. The van der Waals surface area contributed by atoms with Crippen molar-refractivity contribution in [1.29, 1.82) is 0 Å². The molecule has 6 aliphatic rings. The molecule has 3 aromatic carbocycles. The molecule has 0 aromatic heterocycles. The SMILES string of the molecule is COc1ccc2c3c1O[C@H]1[C@]4(OC)C=C[C@@]5(c6c4c(OC)c4ccccc4c6OC)[C@@H](C2)N(C)CC[C@]315. The Balaban J connectivity index is 1.62. The number of methoxy groups -OCH3 is 4. The third kappa shape index (κ3) is 2.03. The van der Waals surface area contributed by atoms with Crippen molar-refractivity contribution in [2.45, 2.75) is 41.4 Å². The highest BCUT2D eigenvalue weighted by atomic mass is 16.6. The number of rotatable bonds is 4. The Bertz CT molecular complexity index is 1550. The zero-order valence-electron chi connectivity index (χ0n) is 21.9. The van der Waals surface area contributed by atoms with Gasteiger partial charge in [0.25, 0.3) is 0 Å². The molecule has 5 atom stereocenters. The fourth-order valence-electron chi connectivity index (χ4n) is 9.04. The first-order valence-corrected chi connectivity index (χ1v) is 13.0. The second-order valence-electron chi connectivity index (χ2n) is 11.1. The number of ether oxygens (including phenoxy) is 5. The molecule has 9 rings (SSSR count). The third-order valence-corrected chi connectivity index (χ3v) is 10.3. The molecule has 190 valence electrons. The van der Waals surface area contributed by atoms with Gasteiger partial charge in [-0.25, -0.2) is 0 Å². The normalized spacial score (nSPS) is 33.6. The lowest BCUT2D eigenvalue weighted by Gasteiger charge is -2.69. The van der Waals surface area contributed by atoms with Gasteiger partial charge in [0, 0.05) is 46.0 Å². The Morgan fingerprint density at radius 3 is 2.27 bits per heavy atom. The van der Waals surface area contributed by atoms with Gasteiger partial charge in [-0.2, -0.15) is 0 Å². The van der Waals surface area contributed by atoms with Crippen molar-refractivity contribution in [3.8, 4) is 23.0 Å². The molecule has 0 unspecified atom stereocenters. The van der Waals surface area contributed by atoms with Crippen molar-refractivity contribution < 1.29 is 23.7 Å². The van der Waals surface area contributed by atoms with Crippen LogP contribution in [0, 0.1) is 0 Å². The highest BCUT2D eigenvalue weighted by Gasteiger charge is 2.79. The van der Waals surface area contributed by atoms with Crippen LogP contribution in [0.25, 0.3) is 10.8 Å². The molecule has 2 heterocycles. The summed E-state index contributed by atoms with van der Waals surface area (Å²) < 4.78 is 32.2. The number of nitrogens with zero attached hydrogens (tertiary/aromatic N) is 1. The summed E-state index contributed by atoms with van der Waals surface area (Å²) in [5, 5.41) is 2.08. The first-order valence-electron chi connectivity index (χ1n) is 13.0. The maximum atomic E-state index is 7.08. The maximum absolute atomic E-state index is 7.08. The molecule has 4 bridgehead atoms. The summed E-state index contributed by atoms with van der Waals surface area (Å²) in [4.78, 5) is 2.54. The number of likely N-dealkylation sites (N-methyl/N-ethyl adjacent to an activating group) is 1. The van der Waals surface area contributed by atoms with Gasteiger partial charge in [0.1, 0.15) is 17.6 Å². The summed E-state index contributed by atoms with van der Waals surface area (Å²) in [6.45, 7) is 0.984. The first-order chi connectivity index (χ1) is 18.0. The molecule has 0 amide bonds. The van der Waals surface area contributed by atoms with E-state index in [0.29, 0.717) is 0 Å². The second kappa shape index (κ2) is 6.80. The minimum atomic E-state index is -0.848. The lowest BCUT2D eigenvalue weighted by atomic mass is 9.37. The predicted octanol–water partition coefficient (Wildman–Crippen LogP) is 4.49. The standard InChI is InChI=1S/C31H31NO5/c1-32-15-14-30-22-17-10-11-20(33-2)27(22)37-28(30)31(36-5)13-12-29(30,21(32)16-17)23-24(31)26(35-4)19-9-7-6-8-18(19)25(23)34-3/h6-13,21,28H,14-16H2,1-5H3/t21-,28-,29+,30+,31+/m1/s1. The van der Waals surface area contributed by atoms with Gasteiger partial charge in [0.15, 0.2) is 17.1 Å². The average Bonchev–Trinajstić information content (AvgIpc) is 3.30. The zero-order valence-corrected chi connectivity index (χ0v) is 21.9. The van der Waals surface area contributed by atoms with Crippen LogP contribution in [0.1, 0.15) is 28.7 Å². The topological polar surface area (TPSA) is 49.4 Å². The van der Waals surface area contributed by atoms with Crippen molar-refractivity contribution in [1.82, 2.24) is 4.90 Å². The van der Waals surface area contributed by atoms with Crippen LogP contribution in [0.4, 0.5) is 0 Å². The molecule has 6 nitrogen and oxygen atoms in total. The molecule has 0 N–H and O–H groups in total. The number of fused-ring (bicyclic) bond motifs is 1. The van der Waals surface area contributed by atoms with Crippen LogP contribution in [0.15, 0.2) is 48.6 Å². The Morgan fingerprint density at radius 1 is 0.865 bits per heavy atom. The smallest absolute Gasteiger partial charge is 0.166 e. The van der Waals surface area contributed by atoms with Crippen molar-refractivity contribution in [3.63, 3.8) is 0 Å². The van der Waals surface area contributed by atoms with Crippen molar-refractivity contribution >= 4 is 10.8 Å². The molecule has 2 spiro atoms. The fourth-order valence-corrected chi connectivity index (χ4v) is 9.04. The molecular weight excluding hydrogens is 466 g/mol. The number of piperidine rings is 1. The summed E-state index contributed by atoms with van der Waals surface area (Å²) in [5.74, 6) is 3.41. The summed E-state index contributed by atoms with van der Waals surface area (Å²) in [5.41, 5.74) is 3.32. The number of benzene rings is 3. The molecular formula is C31H31NO5. The molecule has 4 aliphatic carbocycles. The van der Waals surface area contributed by atoms with E-state index in [4.69, 9.17) is 23.7 Å². The van der Waals surface area contributed by atoms with E-state index in [1.54, 1.807) is 28.4 Å². The van der Waals surface area contributed by atoms with Crippen molar-refractivity contribution in [2.24, 2.45) is 0 Å². The van der Waals surface area contributed by atoms with Gasteiger partial charge in [-0.15, -0.1) is 0 Å². The van der Waals surface area contributed by atoms with E-state index in [1.165, 1.54) is 16.7 Å². The monoisotopic (exact) mass is 497 g/mol. The highest BCUT2D eigenvalue weighted by Crippen LogP contribution is 2.76. The van der Waals surface area contributed by atoms with E-state index in [-0.39, 0.29) is 23.0 Å². The molecule has 2 aliphatic heterocycles. The molecule has 6 heteroatoms. The summed E-state index contributed by atoms with van der Waals surface area (Å²) in [6, 6.07) is 12.9. The first kappa shape index (κ1) is 21.8. The van der Waals surface area contributed by atoms with Gasteiger partial charge in [0.05, 0.1) is 26.7 Å². The molecule has 3 aromatic rings. The van der Waals surface area contributed by atoms with Crippen LogP contribution in [0.2, 0.25) is 0 Å².